The monoisotopic (exact) mass is 194 g/mol. The third kappa shape index (κ3) is 1.23. The number of thiophene rings is 1. The number of hydrogen-bond acceptors (Lipinski definition) is 4. The van der Waals surface area contributed by atoms with E-state index in [0.717, 1.165) is 16.2 Å². The molecule has 0 atom stereocenters. The summed E-state index contributed by atoms with van der Waals surface area (Å²) in [5.74, 6) is 1.27. The number of nitrogen functional groups attached to an aromatic ring is 1. The van der Waals surface area contributed by atoms with Crippen LogP contribution in [0.5, 0.6) is 0 Å². The Kier molecular flexibility index (Phi) is 1.84. The first-order valence-corrected chi connectivity index (χ1v) is 4.84. The molecule has 13 heavy (non-hydrogen) atoms. The van der Waals surface area contributed by atoms with E-state index in [1.165, 1.54) is 5.56 Å². The summed E-state index contributed by atoms with van der Waals surface area (Å²) in [6, 6.07) is 2.05. The predicted molar refractivity (Wildman–Crippen MR) is 53.7 cm³/mol. The van der Waals surface area contributed by atoms with Crippen LogP contribution in [0.4, 0.5) is 5.82 Å². The van der Waals surface area contributed by atoms with Crippen LogP contribution in [0.1, 0.15) is 11.1 Å². The highest BCUT2D eigenvalue weighted by Crippen LogP contribution is 2.33. The van der Waals surface area contributed by atoms with E-state index in [9.17, 15) is 0 Å². The van der Waals surface area contributed by atoms with Crippen LogP contribution in [0.3, 0.4) is 0 Å². The molecule has 0 amide bonds. The van der Waals surface area contributed by atoms with E-state index >= 15 is 0 Å². The summed E-state index contributed by atoms with van der Waals surface area (Å²) in [7, 11) is 0. The molecular formula is C9H10N2OS. The molecule has 0 aliphatic heterocycles. The van der Waals surface area contributed by atoms with E-state index in [4.69, 9.17) is 10.3 Å². The molecule has 2 N–H and O–H groups in total. The second kappa shape index (κ2) is 2.88. The summed E-state index contributed by atoms with van der Waals surface area (Å²) in [6.45, 7) is 3.96. The number of aryl methyl sites for hydroxylation is 1. The van der Waals surface area contributed by atoms with Crippen molar-refractivity contribution in [3.8, 4) is 10.6 Å². The maximum Gasteiger partial charge on any atom is 0.182 e. The second-order valence-corrected chi connectivity index (χ2v) is 3.87. The standard InChI is InChI=1S/C9H10N2OS/c1-5-3-4-13-8(5)7-6(2)9(10)11-12-7/h3-4H,1-2H3,(H2,10,11). The first kappa shape index (κ1) is 8.31. The van der Waals surface area contributed by atoms with Crippen molar-refractivity contribution in [2.75, 3.05) is 5.73 Å². The molecule has 0 saturated carbocycles. The van der Waals surface area contributed by atoms with Crippen molar-refractivity contribution >= 4 is 17.2 Å². The average molecular weight is 194 g/mol. The van der Waals surface area contributed by atoms with Crippen LogP contribution in [0.2, 0.25) is 0 Å². The zero-order valence-corrected chi connectivity index (χ0v) is 8.31. The first-order chi connectivity index (χ1) is 6.20. The molecule has 2 rings (SSSR count). The summed E-state index contributed by atoms with van der Waals surface area (Å²) in [4.78, 5) is 1.11. The maximum absolute atomic E-state index is 5.60. The van der Waals surface area contributed by atoms with Gasteiger partial charge in [-0.15, -0.1) is 11.3 Å². The second-order valence-electron chi connectivity index (χ2n) is 2.95. The van der Waals surface area contributed by atoms with Gasteiger partial charge >= 0.3 is 0 Å². The zero-order valence-electron chi connectivity index (χ0n) is 7.50. The van der Waals surface area contributed by atoms with Gasteiger partial charge in [0.1, 0.15) is 0 Å². The zero-order chi connectivity index (χ0) is 9.42. The van der Waals surface area contributed by atoms with E-state index in [2.05, 4.69) is 11.2 Å². The van der Waals surface area contributed by atoms with Crippen molar-refractivity contribution in [1.29, 1.82) is 0 Å². The molecule has 0 aliphatic rings. The summed E-state index contributed by atoms with van der Waals surface area (Å²) in [5, 5.41) is 5.75. The van der Waals surface area contributed by atoms with Gasteiger partial charge < -0.3 is 10.3 Å². The van der Waals surface area contributed by atoms with E-state index in [0.29, 0.717) is 5.82 Å². The molecule has 68 valence electrons. The van der Waals surface area contributed by atoms with Crippen molar-refractivity contribution in [1.82, 2.24) is 5.16 Å². The van der Waals surface area contributed by atoms with Crippen LogP contribution in [-0.4, -0.2) is 5.16 Å². The number of rotatable bonds is 1. The topological polar surface area (TPSA) is 52.0 Å². The molecule has 0 bridgehead atoms. The molecule has 0 saturated heterocycles. The van der Waals surface area contributed by atoms with Gasteiger partial charge in [-0.05, 0) is 30.9 Å². The van der Waals surface area contributed by atoms with Gasteiger partial charge in [0.05, 0.1) is 4.88 Å². The van der Waals surface area contributed by atoms with E-state index < -0.39 is 0 Å². The fourth-order valence-corrected chi connectivity index (χ4v) is 2.12. The minimum Gasteiger partial charge on any atom is -0.381 e. The van der Waals surface area contributed by atoms with Gasteiger partial charge in [-0.25, -0.2) is 0 Å². The van der Waals surface area contributed by atoms with Gasteiger partial charge in [0, 0.05) is 5.56 Å². The van der Waals surface area contributed by atoms with Gasteiger partial charge in [0.25, 0.3) is 0 Å². The number of anilines is 1. The average Bonchev–Trinajstić information content (AvgIpc) is 2.62. The largest absolute Gasteiger partial charge is 0.381 e. The van der Waals surface area contributed by atoms with Gasteiger partial charge in [-0.1, -0.05) is 5.16 Å². The maximum atomic E-state index is 5.60. The Labute approximate surface area is 80.2 Å². The molecule has 2 aromatic heterocycles. The molecule has 0 aliphatic carbocycles. The van der Waals surface area contributed by atoms with Crippen molar-refractivity contribution in [2.45, 2.75) is 13.8 Å². The summed E-state index contributed by atoms with van der Waals surface area (Å²) in [5.41, 5.74) is 7.72. The van der Waals surface area contributed by atoms with Gasteiger partial charge in [-0.2, -0.15) is 0 Å². The molecule has 0 unspecified atom stereocenters. The fraction of sp³-hybridized carbons (Fsp3) is 0.222. The number of aromatic nitrogens is 1. The Bertz CT molecular complexity index is 431. The lowest BCUT2D eigenvalue weighted by molar-refractivity contribution is 0.436. The Morgan fingerprint density at radius 2 is 2.23 bits per heavy atom. The molecule has 0 spiro atoms. The van der Waals surface area contributed by atoms with Crippen LogP contribution in [0.25, 0.3) is 10.6 Å². The highest BCUT2D eigenvalue weighted by Gasteiger charge is 2.14. The molecule has 2 heterocycles. The molecule has 3 nitrogen and oxygen atoms in total. The van der Waals surface area contributed by atoms with Crippen LogP contribution in [0, 0.1) is 13.8 Å². The molecular weight excluding hydrogens is 184 g/mol. The third-order valence-electron chi connectivity index (χ3n) is 2.03. The van der Waals surface area contributed by atoms with Crippen LogP contribution < -0.4 is 5.73 Å². The molecule has 0 fully saturated rings. The van der Waals surface area contributed by atoms with Gasteiger partial charge in [-0.3, -0.25) is 0 Å². The molecule has 2 aromatic rings. The van der Waals surface area contributed by atoms with E-state index in [1.807, 2.05) is 19.2 Å². The minimum absolute atomic E-state index is 0.475. The van der Waals surface area contributed by atoms with Crippen molar-refractivity contribution in [2.24, 2.45) is 0 Å². The van der Waals surface area contributed by atoms with Gasteiger partial charge in [0.2, 0.25) is 0 Å². The third-order valence-corrected chi connectivity index (χ3v) is 3.04. The van der Waals surface area contributed by atoms with Gasteiger partial charge in [0.15, 0.2) is 11.6 Å². The molecule has 0 aromatic carbocycles. The summed E-state index contributed by atoms with van der Waals surface area (Å²) < 4.78 is 5.16. The number of hydrogen-bond donors (Lipinski definition) is 1. The Morgan fingerprint density at radius 1 is 1.46 bits per heavy atom. The summed E-state index contributed by atoms with van der Waals surface area (Å²) >= 11 is 1.64. The van der Waals surface area contributed by atoms with Crippen LogP contribution in [-0.2, 0) is 0 Å². The number of nitrogens with two attached hydrogens (primary N) is 1. The quantitative estimate of drug-likeness (QED) is 0.759. The smallest absolute Gasteiger partial charge is 0.182 e. The molecule has 0 radical (unpaired) electrons. The van der Waals surface area contributed by atoms with Crippen LogP contribution in [0.15, 0.2) is 16.0 Å². The highest BCUT2D eigenvalue weighted by atomic mass is 32.1. The summed E-state index contributed by atoms with van der Waals surface area (Å²) in [6.07, 6.45) is 0. The first-order valence-electron chi connectivity index (χ1n) is 3.96. The van der Waals surface area contributed by atoms with E-state index in [1.54, 1.807) is 11.3 Å². The van der Waals surface area contributed by atoms with E-state index in [-0.39, 0.29) is 0 Å². The fourth-order valence-electron chi connectivity index (χ4n) is 1.17. The Hall–Kier alpha value is -1.29. The predicted octanol–water partition coefficient (Wildman–Crippen LogP) is 2.60. The van der Waals surface area contributed by atoms with Crippen molar-refractivity contribution in [3.05, 3.63) is 22.6 Å². The SMILES string of the molecule is Cc1ccsc1-c1onc(N)c1C. The Morgan fingerprint density at radius 3 is 2.69 bits per heavy atom. The normalized spacial score (nSPS) is 10.6. The van der Waals surface area contributed by atoms with Crippen molar-refractivity contribution in [3.63, 3.8) is 0 Å². The lowest BCUT2D eigenvalue weighted by Crippen LogP contribution is -1.86. The molecule has 4 heteroatoms. The minimum atomic E-state index is 0.475. The van der Waals surface area contributed by atoms with Crippen LogP contribution >= 0.6 is 11.3 Å². The number of nitrogens with zero attached hydrogens (tertiary/aromatic N) is 1. The highest BCUT2D eigenvalue weighted by molar-refractivity contribution is 7.13. The lowest BCUT2D eigenvalue weighted by atomic mass is 10.2. The lowest BCUT2D eigenvalue weighted by Gasteiger charge is -1.93. The Balaban J connectivity index is 2.59. The van der Waals surface area contributed by atoms with Crippen molar-refractivity contribution < 1.29 is 4.52 Å².